The molecule has 1 saturated carbocycles. The Morgan fingerprint density at radius 2 is 2.05 bits per heavy atom. The van der Waals surface area contributed by atoms with Crippen LogP contribution in [0.1, 0.15) is 32.6 Å². The van der Waals surface area contributed by atoms with E-state index in [2.05, 4.69) is 5.32 Å². The fourth-order valence-corrected chi connectivity index (χ4v) is 2.53. The van der Waals surface area contributed by atoms with Gasteiger partial charge in [0, 0.05) is 25.1 Å². The highest BCUT2D eigenvalue weighted by Gasteiger charge is 2.25. The second kappa shape index (κ2) is 6.51. The predicted octanol–water partition coefficient (Wildman–Crippen LogP) is 2.56. The molecule has 114 valence electrons. The third-order valence-corrected chi connectivity index (χ3v) is 3.49. The summed E-state index contributed by atoms with van der Waals surface area (Å²) in [6, 6.07) is 3.30. The quantitative estimate of drug-likeness (QED) is 0.684. The van der Waals surface area contributed by atoms with Crippen molar-refractivity contribution in [1.29, 1.82) is 0 Å². The standard InChI is InChI=1S/C14H17FN2O4/c1-9(18)16-11-3-5-12(6-4-11)21-14-8-10(15)2-7-13(14)17(19)20/h2,7-8,11-12H,3-6H2,1H3,(H,16,18). The molecule has 1 fully saturated rings. The number of nitrogens with one attached hydrogen (secondary N) is 1. The second-order valence-electron chi connectivity index (χ2n) is 5.16. The molecule has 0 aromatic heterocycles. The minimum atomic E-state index is -0.586. The molecule has 0 radical (unpaired) electrons. The van der Waals surface area contributed by atoms with Crippen molar-refractivity contribution in [3.8, 4) is 5.75 Å². The van der Waals surface area contributed by atoms with E-state index in [0.29, 0.717) is 12.8 Å². The van der Waals surface area contributed by atoms with Gasteiger partial charge in [-0.3, -0.25) is 14.9 Å². The van der Waals surface area contributed by atoms with Crippen molar-refractivity contribution in [3.05, 3.63) is 34.1 Å². The number of hydrogen-bond donors (Lipinski definition) is 1. The fourth-order valence-electron chi connectivity index (χ4n) is 2.53. The van der Waals surface area contributed by atoms with E-state index in [1.165, 1.54) is 6.92 Å². The summed E-state index contributed by atoms with van der Waals surface area (Å²) >= 11 is 0. The number of nitro groups is 1. The van der Waals surface area contributed by atoms with Gasteiger partial charge in [0.15, 0.2) is 5.75 Å². The van der Waals surface area contributed by atoms with Gasteiger partial charge in [-0.25, -0.2) is 4.39 Å². The van der Waals surface area contributed by atoms with Crippen LogP contribution in [-0.2, 0) is 4.79 Å². The first-order valence-electron chi connectivity index (χ1n) is 6.83. The van der Waals surface area contributed by atoms with E-state index in [0.717, 1.165) is 31.0 Å². The molecule has 0 spiro atoms. The first-order valence-corrected chi connectivity index (χ1v) is 6.83. The van der Waals surface area contributed by atoms with Crippen LogP contribution in [0.5, 0.6) is 5.75 Å². The highest BCUT2D eigenvalue weighted by Crippen LogP contribution is 2.31. The third-order valence-electron chi connectivity index (χ3n) is 3.49. The molecular weight excluding hydrogens is 279 g/mol. The Morgan fingerprint density at radius 1 is 1.38 bits per heavy atom. The Morgan fingerprint density at radius 3 is 2.62 bits per heavy atom. The van der Waals surface area contributed by atoms with Gasteiger partial charge in [-0.1, -0.05) is 0 Å². The van der Waals surface area contributed by atoms with Crippen molar-refractivity contribution in [3.63, 3.8) is 0 Å². The van der Waals surface area contributed by atoms with E-state index in [-0.39, 0.29) is 29.5 Å². The van der Waals surface area contributed by atoms with Gasteiger partial charge < -0.3 is 10.1 Å². The van der Waals surface area contributed by atoms with Gasteiger partial charge >= 0.3 is 5.69 Å². The predicted molar refractivity (Wildman–Crippen MR) is 73.5 cm³/mol. The summed E-state index contributed by atoms with van der Waals surface area (Å²) in [6.07, 6.45) is 2.62. The van der Waals surface area contributed by atoms with Gasteiger partial charge in [0.1, 0.15) is 5.82 Å². The number of nitrogens with zero attached hydrogens (tertiary/aromatic N) is 1. The van der Waals surface area contributed by atoms with Crippen LogP contribution in [-0.4, -0.2) is 23.0 Å². The molecule has 0 saturated heterocycles. The Hall–Kier alpha value is -2.18. The molecule has 7 heteroatoms. The number of halogens is 1. The molecular formula is C14H17FN2O4. The van der Waals surface area contributed by atoms with Gasteiger partial charge in [-0.2, -0.15) is 0 Å². The lowest BCUT2D eigenvalue weighted by Crippen LogP contribution is -2.38. The Labute approximate surface area is 121 Å². The van der Waals surface area contributed by atoms with Crippen molar-refractivity contribution in [1.82, 2.24) is 5.32 Å². The van der Waals surface area contributed by atoms with Crippen molar-refractivity contribution in [2.24, 2.45) is 0 Å². The van der Waals surface area contributed by atoms with E-state index >= 15 is 0 Å². The number of rotatable bonds is 4. The topological polar surface area (TPSA) is 81.5 Å². The minimum Gasteiger partial charge on any atom is -0.483 e. The lowest BCUT2D eigenvalue weighted by molar-refractivity contribution is -0.386. The van der Waals surface area contributed by atoms with Crippen LogP contribution in [0.4, 0.5) is 10.1 Å². The van der Waals surface area contributed by atoms with E-state index in [1.54, 1.807) is 0 Å². The average molecular weight is 296 g/mol. The number of amides is 1. The zero-order valence-corrected chi connectivity index (χ0v) is 11.7. The zero-order chi connectivity index (χ0) is 15.4. The summed E-state index contributed by atoms with van der Waals surface area (Å²) in [5, 5.41) is 13.7. The van der Waals surface area contributed by atoms with Crippen LogP contribution in [0.3, 0.4) is 0 Å². The average Bonchev–Trinajstić information content (AvgIpc) is 2.40. The van der Waals surface area contributed by atoms with Crippen LogP contribution in [0, 0.1) is 15.9 Å². The van der Waals surface area contributed by atoms with Gasteiger partial charge in [0.2, 0.25) is 5.91 Å². The SMILES string of the molecule is CC(=O)NC1CCC(Oc2cc(F)ccc2[N+](=O)[O-])CC1. The molecule has 0 heterocycles. The third kappa shape index (κ3) is 4.14. The van der Waals surface area contributed by atoms with Gasteiger partial charge in [-0.15, -0.1) is 0 Å². The Balaban J connectivity index is 1.99. The minimum absolute atomic E-state index is 0.0389. The summed E-state index contributed by atoms with van der Waals surface area (Å²) in [4.78, 5) is 21.3. The first-order chi connectivity index (χ1) is 9.95. The molecule has 1 aliphatic rings. The number of ether oxygens (including phenoxy) is 1. The lowest BCUT2D eigenvalue weighted by Gasteiger charge is -2.29. The van der Waals surface area contributed by atoms with Crippen molar-refractivity contribution >= 4 is 11.6 Å². The summed E-state index contributed by atoms with van der Waals surface area (Å²) in [5.41, 5.74) is -0.236. The van der Waals surface area contributed by atoms with Gasteiger partial charge in [0.05, 0.1) is 11.0 Å². The molecule has 0 atom stereocenters. The number of carbonyl (C=O) groups excluding carboxylic acids is 1. The first kappa shape index (κ1) is 15.2. The van der Waals surface area contributed by atoms with Crippen molar-refractivity contribution in [2.75, 3.05) is 0 Å². The monoisotopic (exact) mass is 296 g/mol. The molecule has 0 unspecified atom stereocenters. The summed E-state index contributed by atoms with van der Waals surface area (Å²) in [5.74, 6) is -0.675. The molecule has 1 aromatic rings. The number of carbonyl (C=O) groups is 1. The Kier molecular flexibility index (Phi) is 4.72. The lowest BCUT2D eigenvalue weighted by atomic mass is 9.93. The molecule has 1 aliphatic carbocycles. The van der Waals surface area contributed by atoms with Crippen LogP contribution in [0.2, 0.25) is 0 Å². The van der Waals surface area contributed by atoms with Gasteiger partial charge in [0.25, 0.3) is 0 Å². The maximum atomic E-state index is 13.2. The summed E-state index contributed by atoms with van der Waals surface area (Å²) in [7, 11) is 0. The van der Waals surface area contributed by atoms with E-state index in [9.17, 15) is 19.3 Å². The molecule has 1 N–H and O–H groups in total. The molecule has 0 bridgehead atoms. The van der Waals surface area contributed by atoms with Crippen LogP contribution in [0.15, 0.2) is 18.2 Å². The van der Waals surface area contributed by atoms with Crippen molar-refractivity contribution in [2.45, 2.75) is 44.8 Å². The van der Waals surface area contributed by atoms with E-state index in [1.807, 2.05) is 0 Å². The highest BCUT2D eigenvalue weighted by molar-refractivity contribution is 5.73. The number of benzene rings is 1. The molecule has 21 heavy (non-hydrogen) atoms. The smallest absolute Gasteiger partial charge is 0.311 e. The van der Waals surface area contributed by atoms with Gasteiger partial charge in [-0.05, 0) is 31.7 Å². The molecule has 0 aliphatic heterocycles. The zero-order valence-electron chi connectivity index (χ0n) is 11.7. The summed E-state index contributed by atoms with van der Waals surface area (Å²) in [6.45, 7) is 1.47. The highest BCUT2D eigenvalue weighted by atomic mass is 19.1. The van der Waals surface area contributed by atoms with Crippen LogP contribution >= 0.6 is 0 Å². The van der Waals surface area contributed by atoms with E-state index < -0.39 is 10.7 Å². The van der Waals surface area contributed by atoms with Crippen LogP contribution < -0.4 is 10.1 Å². The fraction of sp³-hybridized carbons (Fsp3) is 0.500. The van der Waals surface area contributed by atoms with E-state index in [4.69, 9.17) is 4.74 Å². The molecule has 1 amide bonds. The number of hydrogen-bond acceptors (Lipinski definition) is 4. The molecule has 2 rings (SSSR count). The Bertz CT molecular complexity index is 542. The molecule has 1 aromatic carbocycles. The number of nitro benzene ring substituents is 1. The van der Waals surface area contributed by atoms with Crippen molar-refractivity contribution < 1.29 is 18.8 Å². The van der Waals surface area contributed by atoms with Crippen LogP contribution in [0.25, 0.3) is 0 Å². The maximum Gasteiger partial charge on any atom is 0.311 e. The summed E-state index contributed by atoms with van der Waals surface area (Å²) < 4.78 is 18.8. The second-order valence-corrected chi connectivity index (χ2v) is 5.16. The normalized spacial score (nSPS) is 21.6. The largest absolute Gasteiger partial charge is 0.483 e. The maximum absolute atomic E-state index is 13.2. The molecule has 6 nitrogen and oxygen atoms in total.